The van der Waals surface area contributed by atoms with Crippen LogP contribution in [0.4, 0.5) is 4.39 Å². The number of rotatable bonds is 5. The number of amides is 2. The number of nitrogens with zero attached hydrogens (tertiary/aromatic N) is 3. The molecule has 2 amide bonds. The lowest BCUT2D eigenvalue weighted by molar-refractivity contribution is -0.134. The SMILES string of the molecule is C[C@@H](NC(=O)c1ccco1)C(=O)N1CCC(c2nc(-c3ccc(F)cc3)no2)CC1. The van der Waals surface area contributed by atoms with Crippen LogP contribution in [0.3, 0.4) is 0 Å². The zero-order chi connectivity index (χ0) is 21.1. The molecule has 3 heterocycles. The molecule has 2 aromatic heterocycles. The first kappa shape index (κ1) is 19.8. The third-order valence-electron chi connectivity index (χ3n) is 5.16. The summed E-state index contributed by atoms with van der Waals surface area (Å²) in [7, 11) is 0. The molecule has 1 N–H and O–H groups in total. The average molecular weight is 412 g/mol. The van der Waals surface area contributed by atoms with Crippen molar-refractivity contribution in [2.45, 2.75) is 31.7 Å². The molecule has 0 spiro atoms. The van der Waals surface area contributed by atoms with Crippen LogP contribution in [-0.4, -0.2) is 46.0 Å². The predicted octanol–water partition coefficient (Wildman–Crippen LogP) is 2.99. The maximum Gasteiger partial charge on any atom is 0.287 e. The molecule has 0 saturated carbocycles. The van der Waals surface area contributed by atoms with Crippen molar-refractivity contribution in [3.05, 3.63) is 60.1 Å². The highest BCUT2D eigenvalue weighted by Gasteiger charge is 2.30. The van der Waals surface area contributed by atoms with Gasteiger partial charge in [0, 0.05) is 24.6 Å². The van der Waals surface area contributed by atoms with Crippen LogP contribution in [0.1, 0.15) is 42.1 Å². The van der Waals surface area contributed by atoms with Crippen molar-refractivity contribution in [1.82, 2.24) is 20.4 Å². The van der Waals surface area contributed by atoms with Crippen LogP contribution in [0.15, 0.2) is 51.6 Å². The van der Waals surface area contributed by atoms with Gasteiger partial charge in [-0.1, -0.05) is 5.16 Å². The fourth-order valence-corrected chi connectivity index (χ4v) is 3.48. The third-order valence-corrected chi connectivity index (χ3v) is 5.16. The van der Waals surface area contributed by atoms with E-state index in [0.29, 0.717) is 43.2 Å². The van der Waals surface area contributed by atoms with Crippen LogP contribution in [0, 0.1) is 5.82 Å². The number of halogens is 1. The van der Waals surface area contributed by atoms with Crippen molar-refractivity contribution < 1.29 is 22.9 Å². The Kier molecular flexibility index (Phi) is 5.60. The first-order chi connectivity index (χ1) is 14.5. The number of aromatic nitrogens is 2. The summed E-state index contributed by atoms with van der Waals surface area (Å²) in [6, 6.07) is 8.40. The summed E-state index contributed by atoms with van der Waals surface area (Å²) in [5.41, 5.74) is 0.681. The quantitative estimate of drug-likeness (QED) is 0.691. The van der Waals surface area contributed by atoms with Crippen LogP contribution in [0.25, 0.3) is 11.4 Å². The summed E-state index contributed by atoms with van der Waals surface area (Å²) in [6.45, 7) is 2.71. The van der Waals surface area contributed by atoms with Gasteiger partial charge in [0.15, 0.2) is 5.76 Å². The number of likely N-dealkylation sites (tertiary alicyclic amines) is 1. The lowest BCUT2D eigenvalue weighted by atomic mass is 9.96. The van der Waals surface area contributed by atoms with E-state index in [1.165, 1.54) is 18.4 Å². The van der Waals surface area contributed by atoms with Gasteiger partial charge in [0.2, 0.25) is 17.6 Å². The number of carbonyl (C=O) groups is 2. The molecule has 0 radical (unpaired) electrons. The maximum atomic E-state index is 13.1. The van der Waals surface area contributed by atoms with Crippen molar-refractivity contribution in [3.63, 3.8) is 0 Å². The molecule has 1 saturated heterocycles. The Hall–Kier alpha value is -3.49. The highest BCUT2D eigenvalue weighted by atomic mass is 19.1. The monoisotopic (exact) mass is 412 g/mol. The summed E-state index contributed by atoms with van der Waals surface area (Å²) in [5, 5.41) is 6.64. The van der Waals surface area contributed by atoms with E-state index in [4.69, 9.17) is 8.94 Å². The molecule has 1 aliphatic rings. The van der Waals surface area contributed by atoms with Gasteiger partial charge in [0.25, 0.3) is 5.91 Å². The molecule has 1 aliphatic heterocycles. The van der Waals surface area contributed by atoms with E-state index in [2.05, 4.69) is 15.5 Å². The van der Waals surface area contributed by atoms with Gasteiger partial charge in [-0.15, -0.1) is 0 Å². The van der Waals surface area contributed by atoms with Gasteiger partial charge in [-0.3, -0.25) is 9.59 Å². The Morgan fingerprint density at radius 3 is 2.60 bits per heavy atom. The van der Waals surface area contributed by atoms with Crippen molar-refractivity contribution in [3.8, 4) is 11.4 Å². The number of carbonyl (C=O) groups excluding carboxylic acids is 2. The van der Waals surface area contributed by atoms with E-state index in [-0.39, 0.29) is 23.4 Å². The van der Waals surface area contributed by atoms with E-state index in [0.717, 1.165) is 0 Å². The summed E-state index contributed by atoms with van der Waals surface area (Å²) in [6.07, 6.45) is 2.76. The fourth-order valence-electron chi connectivity index (χ4n) is 3.48. The molecule has 1 atom stereocenters. The van der Waals surface area contributed by atoms with Crippen LogP contribution in [0.2, 0.25) is 0 Å². The van der Waals surface area contributed by atoms with E-state index >= 15 is 0 Å². The van der Waals surface area contributed by atoms with E-state index in [1.54, 1.807) is 36.1 Å². The zero-order valence-corrected chi connectivity index (χ0v) is 16.4. The van der Waals surface area contributed by atoms with E-state index in [1.807, 2.05) is 0 Å². The van der Waals surface area contributed by atoms with E-state index in [9.17, 15) is 14.0 Å². The van der Waals surface area contributed by atoms with Gasteiger partial charge >= 0.3 is 0 Å². The standard InChI is InChI=1S/C21H21FN4O4/c1-13(23-19(27)17-3-2-12-29-17)21(28)26-10-8-15(9-11-26)20-24-18(25-30-20)14-4-6-16(22)7-5-14/h2-7,12-13,15H,8-11H2,1H3,(H,23,27)/t13-/m1/s1. The lowest BCUT2D eigenvalue weighted by Crippen LogP contribution is -2.49. The van der Waals surface area contributed by atoms with Crippen molar-refractivity contribution in [2.75, 3.05) is 13.1 Å². The molecule has 1 aromatic carbocycles. The topological polar surface area (TPSA) is 101 Å². The van der Waals surface area contributed by atoms with Crippen LogP contribution < -0.4 is 5.32 Å². The normalized spacial score (nSPS) is 15.7. The molecule has 0 bridgehead atoms. The Bertz CT molecular complexity index is 1010. The molecular weight excluding hydrogens is 391 g/mol. The molecule has 0 aliphatic carbocycles. The number of hydrogen-bond acceptors (Lipinski definition) is 6. The second-order valence-electron chi connectivity index (χ2n) is 7.24. The first-order valence-corrected chi connectivity index (χ1v) is 9.74. The molecule has 3 aromatic rings. The number of piperidine rings is 1. The molecule has 156 valence electrons. The van der Waals surface area contributed by atoms with Crippen LogP contribution in [-0.2, 0) is 4.79 Å². The molecular formula is C21H21FN4O4. The summed E-state index contributed by atoms with van der Waals surface area (Å²) < 4.78 is 23.5. The van der Waals surface area contributed by atoms with Crippen LogP contribution in [0.5, 0.6) is 0 Å². The minimum atomic E-state index is -0.660. The summed E-state index contributed by atoms with van der Waals surface area (Å²) in [5.74, 6) is 0.249. The second-order valence-corrected chi connectivity index (χ2v) is 7.24. The number of nitrogens with one attached hydrogen (secondary N) is 1. The minimum absolute atomic E-state index is 0.0452. The first-order valence-electron chi connectivity index (χ1n) is 9.74. The average Bonchev–Trinajstić information content (AvgIpc) is 3.46. The zero-order valence-electron chi connectivity index (χ0n) is 16.4. The number of benzene rings is 1. The molecule has 8 nitrogen and oxygen atoms in total. The Balaban J connectivity index is 1.32. The number of furan rings is 1. The summed E-state index contributed by atoms with van der Waals surface area (Å²) in [4.78, 5) is 30.9. The summed E-state index contributed by atoms with van der Waals surface area (Å²) >= 11 is 0. The van der Waals surface area contributed by atoms with Gasteiger partial charge in [-0.05, 0) is 56.2 Å². The van der Waals surface area contributed by atoms with Crippen molar-refractivity contribution in [1.29, 1.82) is 0 Å². The Labute approximate surface area is 172 Å². The van der Waals surface area contributed by atoms with Gasteiger partial charge in [0.05, 0.1) is 6.26 Å². The van der Waals surface area contributed by atoms with Gasteiger partial charge < -0.3 is 19.2 Å². The predicted molar refractivity (Wildman–Crippen MR) is 104 cm³/mol. The highest BCUT2D eigenvalue weighted by molar-refractivity contribution is 5.95. The smallest absolute Gasteiger partial charge is 0.287 e. The molecule has 1 fully saturated rings. The lowest BCUT2D eigenvalue weighted by Gasteiger charge is -2.32. The van der Waals surface area contributed by atoms with Gasteiger partial charge in [-0.2, -0.15) is 4.98 Å². The van der Waals surface area contributed by atoms with Crippen molar-refractivity contribution in [2.24, 2.45) is 0 Å². The van der Waals surface area contributed by atoms with Crippen LogP contribution >= 0.6 is 0 Å². The molecule has 4 rings (SSSR count). The van der Waals surface area contributed by atoms with Gasteiger partial charge in [0.1, 0.15) is 11.9 Å². The molecule has 9 heteroatoms. The largest absolute Gasteiger partial charge is 0.459 e. The van der Waals surface area contributed by atoms with Crippen molar-refractivity contribution >= 4 is 11.8 Å². The highest BCUT2D eigenvalue weighted by Crippen LogP contribution is 2.28. The number of hydrogen-bond donors (Lipinski definition) is 1. The maximum absolute atomic E-state index is 13.1. The molecule has 0 unspecified atom stereocenters. The Morgan fingerprint density at radius 1 is 1.20 bits per heavy atom. The Morgan fingerprint density at radius 2 is 1.93 bits per heavy atom. The molecule has 30 heavy (non-hydrogen) atoms. The van der Waals surface area contributed by atoms with Gasteiger partial charge in [-0.25, -0.2) is 4.39 Å². The fraction of sp³-hybridized carbons (Fsp3) is 0.333. The van der Waals surface area contributed by atoms with E-state index < -0.39 is 11.9 Å². The minimum Gasteiger partial charge on any atom is -0.459 e. The third kappa shape index (κ3) is 4.24. The second kappa shape index (κ2) is 8.48.